The zero-order valence-electron chi connectivity index (χ0n) is 11.2. The van der Waals surface area contributed by atoms with Crippen LogP contribution < -0.4 is 10.5 Å². The summed E-state index contributed by atoms with van der Waals surface area (Å²) in [5, 5.41) is 0. The molecular weight excluding hydrogens is 260 g/mol. The van der Waals surface area contributed by atoms with Crippen LogP contribution in [0.4, 0.5) is 0 Å². The smallest absolute Gasteiger partial charge is 0.122 e. The number of benzene rings is 1. The zero-order valence-corrected chi connectivity index (χ0v) is 12.0. The molecule has 1 aromatic carbocycles. The van der Waals surface area contributed by atoms with E-state index in [0.717, 1.165) is 49.7 Å². The fraction of sp³-hybridized carbons (Fsp3) is 0.500. The average Bonchev–Trinajstić information content (AvgIpc) is 2.42. The van der Waals surface area contributed by atoms with Crippen molar-refractivity contribution in [2.45, 2.75) is 6.92 Å². The molecule has 1 aromatic rings. The van der Waals surface area contributed by atoms with Crippen LogP contribution in [0.2, 0.25) is 0 Å². The van der Waals surface area contributed by atoms with Crippen LogP contribution in [0.5, 0.6) is 5.75 Å². The molecule has 2 rings (SSSR count). The molecule has 19 heavy (non-hydrogen) atoms. The number of ether oxygens (including phenoxy) is 2. The van der Waals surface area contributed by atoms with E-state index < -0.39 is 0 Å². The predicted molar refractivity (Wildman–Crippen MR) is 79.8 cm³/mol. The molecule has 1 saturated heterocycles. The van der Waals surface area contributed by atoms with E-state index in [1.165, 1.54) is 0 Å². The van der Waals surface area contributed by atoms with E-state index in [9.17, 15) is 0 Å². The average molecular weight is 280 g/mol. The minimum atomic E-state index is 0.401. The molecule has 1 fully saturated rings. The van der Waals surface area contributed by atoms with Gasteiger partial charge in [-0.3, -0.25) is 4.90 Å². The zero-order chi connectivity index (χ0) is 13.7. The molecule has 0 unspecified atom stereocenters. The molecule has 0 saturated carbocycles. The summed E-state index contributed by atoms with van der Waals surface area (Å²) in [6.07, 6.45) is 0. The van der Waals surface area contributed by atoms with E-state index in [1.807, 2.05) is 25.1 Å². The van der Waals surface area contributed by atoms with Gasteiger partial charge in [-0.1, -0.05) is 24.4 Å². The highest BCUT2D eigenvalue weighted by atomic mass is 32.1. The number of morpholine rings is 1. The molecule has 0 radical (unpaired) electrons. The van der Waals surface area contributed by atoms with Crippen LogP contribution in [0, 0.1) is 6.92 Å². The maximum atomic E-state index is 5.83. The van der Waals surface area contributed by atoms with E-state index in [1.54, 1.807) is 0 Å². The highest BCUT2D eigenvalue weighted by molar-refractivity contribution is 7.80. The maximum Gasteiger partial charge on any atom is 0.122 e. The predicted octanol–water partition coefficient (Wildman–Crippen LogP) is 1.34. The summed E-state index contributed by atoms with van der Waals surface area (Å²) in [5.41, 5.74) is 7.58. The van der Waals surface area contributed by atoms with Gasteiger partial charge >= 0.3 is 0 Å². The van der Waals surface area contributed by atoms with Gasteiger partial charge in [-0.25, -0.2) is 0 Å². The summed E-state index contributed by atoms with van der Waals surface area (Å²) in [4.78, 5) is 2.74. The molecule has 0 aromatic heterocycles. The normalized spacial score (nSPS) is 16.3. The van der Waals surface area contributed by atoms with E-state index in [2.05, 4.69) is 4.90 Å². The second-order valence-corrected chi connectivity index (χ2v) is 5.09. The Bertz CT molecular complexity index is 445. The van der Waals surface area contributed by atoms with Gasteiger partial charge in [0, 0.05) is 25.2 Å². The van der Waals surface area contributed by atoms with Gasteiger partial charge in [0.25, 0.3) is 0 Å². The number of nitrogens with two attached hydrogens (primary N) is 1. The molecule has 0 bridgehead atoms. The molecule has 2 N–H and O–H groups in total. The Morgan fingerprint density at radius 1 is 1.42 bits per heavy atom. The molecule has 4 nitrogen and oxygen atoms in total. The Labute approximate surface area is 119 Å². The quantitative estimate of drug-likeness (QED) is 0.825. The van der Waals surface area contributed by atoms with Gasteiger partial charge in [-0.15, -0.1) is 0 Å². The van der Waals surface area contributed by atoms with E-state index in [0.29, 0.717) is 11.6 Å². The fourth-order valence-electron chi connectivity index (χ4n) is 2.02. The van der Waals surface area contributed by atoms with Gasteiger partial charge in [-0.2, -0.15) is 0 Å². The molecular formula is C14H20N2O2S. The molecule has 104 valence electrons. The van der Waals surface area contributed by atoms with Crippen LogP contribution >= 0.6 is 12.2 Å². The number of aryl methyl sites for hydroxylation is 1. The fourth-order valence-corrected chi connectivity index (χ4v) is 2.15. The summed E-state index contributed by atoms with van der Waals surface area (Å²) < 4.78 is 11.1. The lowest BCUT2D eigenvalue weighted by Gasteiger charge is -2.26. The van der Waals surface area contributed by atoms with Gasteiger partial charge in [0.2, 0.25) is 0 Å². The van der Waals surface area contributed by atoms with Crippen LogP contribution in [-0.4, -0.2) is 49.3 Å². The Hall–Kier alpha value is -1.17. The third-order valence-electron chi connectivity index (χ3n) is 3.24. The highest BCUT2D eigenvalue weighted by Crippen LogP contribution is 2.19. The third-order valence-corrected chi connectivity index (χ3v) is 3.48. The molecule has 0 amide bonds. The summed E-state index contributed by atoms with van der Waals surface area (Å²) in [6.45, 7) is 7.20. The number of nitrogens with zero attached hydrogens (tertiary/aromatic N) is 1. The van der Waals surface area contributed by atoms with Crippen LogP contribution in [0.25, 0.3) is 0 Å². The SMILES string of the molecule is Cc1ccc(C(N)=S)cc1OCCN1CCOCC1. The molecule has 5 heteroatoms. The minimum absolute atomic E-state index is 0.401. The van der Waals surface area contributed by atoms with Crippen molar-refractivity contribution in [1.29, 1.82) is 0 Å². The number of thiocarbonyl (C=S) groups is 1. The van der Waals surface area contributed by atoms with Crippen LogP contribution in [0.3, 0.4) is 0 Å². The molecule has 0 atom stereocenters. The molecule has 1 aliphatic heterocycles. The monoisotopic (exact) mass is 280 g/mol. The van der Waals surface area contributed by atoms with Crippen molar-refractivity contribution in [3.8, 4) is 5.75 Å². The summed E-state index contributed by atoms with van der Waals surface area (Å²) in [7, 11) is 0. The van der Waals surface area contributed by atoms with Crippen molar-refractivity contribution in [3.63, 3.8) is 0 Å². The van der Waals surface area contributed by atoms with Crippen LogP contribution in [0.15, 0.2) is 18.2 Å². The van der Waals surface area contributed by atoms with Crippen molar-refractivity contribution < 1.29 is 9.47 Å². The summed E-state index contributed by atoms with van der Waals surface area (Å²) in [5.74, 6) is 0.860. The number of hydrogen-bond acceptors (Lipinski definition) is 4. The van der Waals surface area contributed by atoms with Crippen LogP contribution in [-0.2, 0) is 4.74 Å². The second kappa shape index (κ2) is 6.84. The largest absolute Gasteiger partial charge is 0.492 e. The minimum Gasteiger partial charge on any atom is -0.492 e. The van der Waals surface area contributed by atoms with Crippen molar-refractivity contribution in [2.24, 2.45) is 5.73 Å². The first kappa shape index (κ1) is 14.2. The van der Waals surface area contributed by atoms with Crippen molar-refractivity contribution in [1.82, 2.24) is 4.90 Å². The topological polar surface area (TPSA) is 47.7 Å². The van der Waals surface area contributed by atoms with E-state index in [-0.39, 0.29) is 0 Å². The molecule has 0 aliphatic carbocycles. The third kappa shape index (κ3) is 4.16. The summed E-state index contributed by atoms with van der Waals surface area (Å²) >= 11 is 4.98. The lowest BCUT2D eigenvalue weighted by atomic mass is 10.1. The molecule has 1 aliphatic rings. The first-order valence-corrected chi connectivity index (χ1v) is 6.91. The van der Waals surface area contributed by atoms with Crippen LogP contribution in [0.1, 0.15) is 11.1 Å². The van der Waals surface area contributed by atoms with Crippen molar-refractivity contribution in [3.05, 3.63) is 29.3 Å². The van der Waals surface area contributed by atoms with Crippen molar-refractivity contribution >= 4 is 17.2 Å². The summed E-state index contributed by atoms with van der Waals surface area (Å²) in [6, 6.07) is 5.82. The van der Waals surface area contributed by atoms with Gasteiger partial charge in [0.05, 0.1) is 13.2 Å². The first-order chi connectivity index (χ1) is 9.16. The van der Waals surface area contributed by atoms with Crippen molar-refractivity contribution in [2.75, 3.05) is 39.5 Å². The Balaban J connectivity index is 1.87. The van der Waals surface area contributed by atoms with Gasteiger partial charge in [0.1, 0.15) is 17.3 Å². The number of hydrogen-bond donors (Lipinski definition) is 1. The van der Waals surface area contributed by atoms with Gasteiger partial charge in [-0.05, 0) is 18.6 Å². The van der Waals surface area contributed by atoms with Gasteiger partial charge in [0.15, 0.2) is 0 Å². The Morgan fingerprint density at radius 3 is 2.84 bits per heavy atom. The second-order valence-electron chi connectivity index (χ2n) is 4.65. The standard InChI is InChI=1S/C14H20N2O2S/c1-11-2-3-12(14(15)19)10-13(11)18-9-6-16-4-7-17-8-5-16/h2-3,10H,4-9H2,1H3,(H2,15,19). The first-order valence-electron chi connectivity index (χ1n) is 6.50. The van der Waals surface area contributed by atoms with E-state index in [4.69, 9.17) is 27.4 Å². The molecule has 0 spiro atoms. The highest BCUT2D eigenvalue weighted by Gasteiger charge is 2.10. The van der Waals surface area contributed by atoms with E-state index >= 15 is 0 Å². The lowest BCUT2D eigenvalue weighted by molar-refractivity contribution is 0.0322. The maximum absolute atomic E-state index is 5.83. The molecule has 1 heterocycles. The number of rotatable bonds is 5. The lowest BCUT2D eigenvalue weighted by Crippen LogP contribution is -2.38. The Kier molecular flexibility index (Phi) is 5.13. The van der Waals surface area contributed by atoms with Gasteiger partial charge < -0.3 is 15.2 Å². The Morgan fingerprint density at radius 2 is 2.16 bits per heavy atom.